The van der Waals surface area contributed by atoms with E-state index in [9.17, 15) is 56.0 Å². The molecule has 0 unspecified atom stereocenters. The number of anilines is 2. The second kappa shape index (κ2) is 19.8. The standard InChI is InChI=1S/C48H45F6N9O4/c1-29-39(41(33-17-13-31(27-55)14-18-33)59-45(66)61(29)37-11-5-9-35(25-37)47(49,50)51)43(64)57-21-7-23-63(3,4)24-8-22-58-44(65)40-30(2)62(38-12-6-10-36(26-38)48(52,53)54)46(67)60-42(40)34-19-15-32(28-56)16-20-34/h5-6,9-20,25-26,41-42H,7-8,21-24H2,1-4H3,(H3-,57,58,59,60,64,65,66,67)/p+1/t41-,42-/m1/s1. The molecular weight excluding hydrogens is 881 g/mol. The third kappa shape index (κ3) is 11.3. The van der Waals surface area contributed by atoms with E-state index >= 15 is 0 Å². The van der Waals surface area contributed by atoms with Crippen LogP contribution in [-0.4, -0.2) is 68.6 Å². The zero-order chi connectivity index (χ0) is 48.8. The molecule has 0 bridgehead atoms. The van der Waals surface area contributed by atoms with Gasteiger partial charge in [0.05, 0.1) is 96.2 Å². The van der Waals surface area contributed by atoms with Crippen LogP contribution >= 0.6 is 0 Å². The Labute approximate surface area is 382 Å². The van der Waals surface area contributed by atoms with Crippen molar-refractivity contribution in [3.8, 4) is 12.1 Å². The van der Waals surface area contributed by atoms with Crippen LogP contribution in [0.2, 0.25) is 0 Å². The summed E-state index contributed by atoms with van der Waals surface area (Å²) in [5.41, 5.74) is -0.0929. The number of hydrogen-bond acceptors (Lipinski definition) is 6. The molecule has 19 heteroatoms. The second-order valence-electron chi connectivity index (χ2n) is 16.6. The molecule has 0 fully saturated rings. The molecule has 0 radical (unpaired) electrons. The van der Waals surface area contributed by atoms with Gasteiger partial charge in [0.15, 0.2) is 0 Å². The van der Waals surface area contributed by atoms with E-state index in [1.54, 1.807) is 24.3 Å². The van der Waals surface area contributed by atoms with Gasteiger partial charge in [-0.1, -0.05) is 36.4 Å². The number of nitrogens with one attached hydrogen (secondary N) is 4. The topological polar surface area (TPSA) is 170 Å². The fraction of sp³-hybridized carbons (Fsp3) is 0.292. The van der Waals surface area contributed by atoms with E-state index < -0.39 is 59.4 Å². The van der Waals surface area contributed by atoms with Gasteiger partial charge in [-0.05, 0) is 85.6 Å². The molecule has 67 heavy (non-hydrogen) atoms. The molecule has 0 saturated carbocycles. The highest BCUT2D eigenvalue weighted by Gasteiger charge is 2.40. The molecule has 4 aromatic rings. The fourth-order valence-electron chi connectivity index (χ4n) is 8.06. The Morgan fingerprint density at radius 2 is 0.985 bits per heavy atom. The number of rotatable bonds is 14. The molecule has 4 aromatic carbocycles. The van der Waals surface area contributed by atoms with E-state index in [0.717, 1.165) is 34.1 Å². The number of benzene rings is 4. The predicted octanol–water partition coefficient (Wildman–Crippen LogP) is 8.35. The Morgan fingerprint density at radius 3 is 1.31 bits per heavy atom. The summed E-state index contributed by atoms with van der Waals surface area (Å²) in [5, 5.41) is 29.9. The molecule has 0 saturated heterocycles. The van der Waals surface area contributed by atoms with Crippen LogP contribution in [-0.2, 0) is 21.9 Å². The molecule has 6 amide bonds. The SMILES string of the molecule is CC1=C(C(=O)NCCC[N+](C)(C)CCCNC(=O)C2=C(C)N(c3cccc(C(F)(F)F)c3)C(=O)N[C@@H]2c2ccc(C#N)cc2)[C@@H](c2ccc(C#N)cc2)NC(=O)N1c1cccc(C(F)(F)F)c1. The monoisotopic (exact) mass is 926 g/mol. The molecule has 2 aliphatic heterocycles. The van der Waals surface area contributed by atoms with E-state index in [4.69, 9.17) is 0 Å². The molecule has 348 valence electrons. The summed E-state index contributed by atoms with van der Waals surface area (Å²) >= 11 is 0. The average molecular weight is 927 g/mol. The van der Waals surface area contributed by atoms with E-state index in [-0.39, 0.29) is 47.0 Å². The van der Waals surface area contributed by atoms with Gasteiger partial charge in [-0.2, -0.15) is 36.9 Å². The highest BCUT2D eigenvalue weighted by molar-refractivity contribution is 6.06. The third-order valence-corrected chi connectivity index (χ3v) is 11.5. The lowest BCUT2D eigenvalue weighted by molar-refractivity contribution is -0.890. The molecule has 2 aliphatic rings. The molecule has 0 spiro atoms. The number of carbonyl (C=O) groups excluding carboxylic acids is 4. The van der Waals surface area contributed by atoms with Crippen LogP contribution in [0.5, 0.6) is 0 Å². The first-order valence-electron chi connectivity index (χ1n) is 21.0. The number of allylic oxidation sites excluding steroid dienone is 2. The van der Waals surface area contributed by atoms with E-state index in [2.05, 4.69) is 21.3 Å². The number of nitrogens with zero attached hydrogens (tertiary/aromatic N) is 5. The van der Waals surface area contributed by atoms with Crippen molar-refractivity contribution in [2.45, 2.75) is 51.1 Å². The molecule has 2 atom stereocenters. The maximum Gasteiger partial charge on any atom is 0.416 e. The van der Waals surface area contributed by atoms with Crippen LogP contribution in [0.3, 0.4) is 0 Å². The highest BCUT2D eigenvalue weighted by Crippen LogP contribution is 2.39. The minimum absolute atomic E-state index is 0.0912. The Morgan fingerprint density at radius 1 is 0.627 bits per heavy atom. The first-order chi connectivity index (χ1) is 31.6. The van der Waals surface area contributed by atoms with Crippen LogP contribution in [0.4, 0.5) is 47.3 Å². The van der Waals surface area contributed by atoms with E-state index in [0.29, 0.717) is 52.7 Å². The lowest BCUT2D eigenvalue weighted by Crippen LogP contribution is -2.50. The summed E-state index contributed by atoms with van der Waals surface area (Å²) in [7, 11) is 3.91. The zero-order valence-corrected chi connectivity index (χ0v) is 36.8. The lowest BCUT2D eigenvalue weighted by atomic mass is 9.93. The smallest absolute Gasteiger partial charge is 0.352 e. The largest absolute Gasteiger partial charge is 0.416 e. The minimum Gasteiger partial charge on any atom is -0.352 e. The van der Waals surface area contributed by atoms with Crippen molar-refractivity contribution < 1.29 is 50.0 Å². The molecule has 6 rings (SSSR count). The van der Waals surface area contributed by atoms with Crippen molar-refractivity contribution in [2.75, 3.05) is 50.1 Å². The number of amides is 6. The molecule has 2 heterocycles. The second-order valence-corrected chi connectivity index (χ2v) is 16.6. The van der Waals surface area contributed by atoms with Gasteiger partial charge in [0.1, 0.15) is 0 Å². The Hall–Kier alpha value is -7.64. The minimum atomic E-state index is -4.68. The number of hydrogen-bond donors (Lipinski definition) is 4. The molecule has 13 nitrogen and oxygen atoms in total. The highest BCUT2D eigenvalue weighted by atomic mass is 19.4. The number of alkyl halides is 6. The van der Waals surface area contributed by atoms with Gasteiger partial charge >= 0.3 is 24.4 Å². The van der Waals surface area contributed by atoms with Crippen molar-refractivity contribution in [3.63, 3.8) is 0 Å². The van der Waals surface area contributed by atoms with E-state index in [1.807, 2.05) is 26.2 Å². The van der Waals surface area contributed by atoms with Crippen molar-refractivity contribution in [3.05, 3.63) is 153 Å². The van der Waals surface area contributed by atoms with Crippen LogP contribution in [0.15, 0.2) is 120 Å². The summed E-state index contributed by atoms with van der Waals surface area (Å²) in [6.45, 7) is 4.44. The Kier molecular flexibility index (Phi) is 14.5. The summed E-state index contributed by atoms with van der Waals surface area (Å²) in [6.07, 6.45) is -8.41. The van der Waals surface area contributed by atoms with Gasteiger partial charge in [-0.15, -0.1) is 0 Å². The van der Waals surface area contributed by atoms with Crippen LogP contribution < -0.4 is 31.1 Å². The van der Waals surface area contributed by atoms with Gasteiger partial charge in [-0.25, -0.2) is 9.59 Å². The van der Waals surface area contributed by atoms with Gasteiger partial charge in [0.25, 0.3) is 11.8 Å². The molecule has 4 N–H and O–H groups in total. The third-order valence-electron chi connectivity index (χ3n) is 11.5. The van der Waals surface area contributed by atoms with Crippen LogP contribution in [0.25, 0.3) is 0 Å². The maximum atomic E-state index is 14.0. The van der Waals surface area contributed by atoms with Crippen molar-refractivity contribution >= 4 is 35.3 Å². The van der Waals surface area contributed by atoms with Gasteiger partial charge in [0, 0.05) is 37.3 Å². The fourth-order valence-corrected chi connectivity index (χ4v) is 8.06. The van der Waals surface area contributed by atoms with Gasteiger partial charge < -0.3 is 25.8 Å². The normalized spacial score (nSPS) is 16.8. The van der Waals surface area contributed by atoms with Gasteiger partial charge in [0.2, 0.25) is 0 Å². The number of urea groups is 2. The maximum absolute atomic E-state index is 14.0. The Bertz CT molecular complexity index is 2520. The quantitative estimate of drug-likeness (QED) is 0.0563. The van der Waals surface area contributed by atoms with Gasteiger partial charge in [-0.3, -0.25) is 19.4 Å². The average Bonchev–Trinajstić information content (AvgIpc) is 3.28. The first-order valence-corrected chi connectivity index (χ1v) is 21.0. The van der Waals surface area contributed by atoms with E-state index in [1.165, 1.54) is 62.4 Å². The van der Waals surface area contributed by atoms with Crippen molar-refractivity contribution in [2.24, 2.45) is 0 Å². The van der Waals surface area contributed by atoms with Crippen molar-refractivity contribution in [1.82, 2.24) is 21.3 Å². The number of halogens is 6. The lowest BCUT2D eigenvalue weighted by Gasteiger charge is -2.36. The summed E-state index contributed by atoms with van der Waals surface area (Å²) < 4.78 is 82.3. The predicted molar refractivity (Wildman–Crippen MR) is 235 cm³/mol. The first kappa shape index (κ1) is 48.8. The summed E-state index contributed by atoms with van der Waals surface area (Å²) in [4.78, 5) is 57.0. The molecular formula is C48H46F6N9O4+. The number of carbonyl (C=O) groups is 4. The summed E-state index contributed by atoms with van der Waals surface area (Å²) in [6, 6.07) is 21.4. The van der Waals surface area contributed by atoms with Crippen molar-refractivity contribution in [1.29, 1.82) is 10.5 Å². The number of quaternary nitrogens is 1. The molecule has 0 aliphatic carbocycles. The van der Waals surface area contributed by atoms with Crippen LogP contribution in [0, 0.1) is 22.7 Å². The Balaban J connectivity index is 1.11. The zero-order valence-electron chi connectivity index (χ0n) is 36.8. The van der Waals surface area contributed by atoms with Crippen LogP contribution in [0.1, 0.15) is 72.2 Å². The molecule has 0 aromatic heterocycles. The summed E-state index contributed by atoms with van der Waals surface area (Å²) in [5.74, 6) is -1.13. The number of nitriles is 2.